The number of nitrogens with one attached hydrogen (secondary N) is 2. The molecule has 0 saturated heterocycles. The molecule has 2 N–H and O–H groups in total. The van der Waals surface area contributed by atoms with Crippen molar-refractivity contribution in [1.29, 1.82) is 0 Å². The van der Waals surface area contributed by atoms with Crippen molar-refractivity contribution >= 4 is 103 Å². The summed E-state index contributed by atoms with van der Waals surface area (Å²) in [5.74, 6) is -4.28. The molecule has 37 heteroatoms. The Morgan fingerprint density at radius 2 is 0.648 bits per heavy atom. The molecule has 4 amide bonds. The van der Waals surface area contributed by atoms with Crippen LogP contribution in [-0.4, -0.2) is 219 Å². The van der Waals surface area contributed by atoms with Crippen molar-refractivity contribution in [2.24, 2.45) is 9.98 Å². The summed E-state index contributed by atoms with van der Waals surface area (Å²) in [5, 5.41) is 5.90. The second-order valence-electron chi connectivity index (χ2n) is 32.1. The summed E-state index contributed by atoms with van der Waals surface area (Å²) in [6.45, 7) is 21.0. The summed E-state index contributed by atoms with van der Waals surface area (Å²) in [5.41, 5.74) is -1.07. The van der Waals surface area contributed by atoms with Crippen LogP contribution in [0.1, 0.15) is 167 Å². The van der Waals surface area contributed by atoms with Gasteiger partial charge in [0.2, 0.25) is 0 Å². The van der Waals surface area contributed by atoms with Gasteiger partial charge >= 0.3 is 68.7 Å². The molecule has 0 aromatic heterocycles. The highest BCUT2D eigenvalue weighted by molar-refractivity contribution is 7.87. The highest BCUT2D eigenvalue weighted by atomic mass is 32.2. The van der Waals surface area contributed by atoms with Crippen molar-refractivity contribution in [3.63, 3.8) is 0 Å². The molecule has 6 rings (SSSR count). The van der Waals surface area contributed by atoms with Crippen LogP contribution in [0.5, 0.6) is 11.5 Å². The van der Waals surface area contributed by atoms with E-state index in [1.807, 2.05) is 0 Å². The van der Waals surface area contributed by atoms with Crippen molar-refractivity contribution in [3.8, 4) is 11.5 Å². The first kappa shape index (κ1) is 102. The number of anilines is 2. The average Bonchev–Trinajstić information content (AvgIpc) is 0.783. The number of Topliss-reactive ketones (excluding diaryl/α,β-unsaturated/α-hetero) is 2. The first-order chi connectivity index (χ1) is 58.7. The topological polar surface area (TPSA) is 421 Å². The van der Waals surface area contributed by atoms with E-state index in [1.54, 1.807) is 182 Å². The molecule has 35 nitrogen and oxygen atoms in total. The van der Waals surface area contributed by atoms with E-state index in [1.165, 1.54) is 72.8 Å². The van der Waals surface area contributed by atoms with Gasteiger partial charge in [-0.1, -0.05) is 84.9 Å². The predicted molar refractivity (Wildman–Crippen MR) is 461 cm³/mol. The number of esters is 4. The second-order valence-corrected chi connectivity index (χ2v) is 35.7. The number of benzene rings is 6. The van der Waals surface area contributed by atoms with Gasteiger partial charge in [0.1, 0.15) is 82.4 Å². The third kappa shape index (κ3) is 37.9. The molecule has 680 valence electrons. The molecule has 6 aromatic carbocycles. The zero-order valence-electron chi connectivity index (χ0n) is 73.4. The Balaban J connectivity index is 1.04. The van der Waals surface area contributed by atoms with Gasteiger partial charge in [0.05, 0.1) is 90.3 Å². The third-order valence-corrected chi connectivity index (χ3v) is 20.2. The zero-order chi connectivity index (χ0) is 92.3. The lowest BCUT2D eigenvalue weighted by Gasteiger charge is -2.34. The SMILES string of the molecule is CC(=O)C[C@@H](C(=O)OC(C)(C)C)N(CCOCCOCCOCCOCCOCCN([C@@H](CC(C)=O)C(=O)OC(C)(C)C)S(=O)(=O)N(Cc1ccc(OC(=O)c2ccc(NC(C)=NC(=O)OC(C)(C)C)cc2)cc1)C(=O)OCc1ccccc1)S(=O)(=O)N(Cc1ccc(OC(=O)c2ccc(NC(C)=NC(=O)OC(C)(C)C)cc2)cc1)C(=O)OCc1ccccc1. The number of aliphatic imine (C=N–C) groups is 2. The van der Waals surface area contributed by atoms with Gasteiger partial charge in [-0.05, 0) is 206 Å². The van der Waals surface area contributed by atoms with E-state index in [9.17, 15) is 47.9 Å². The monoisotopic (exact) mass is 1780 g/mol. The molecule has 0 spiro atoms. The normalized spacial score (nSPS) is 12.7. The van der Waals surface area contributed by atoms with Crippen molar-refractivity contribution in [2.75, 3.05) is 89.8 Å². The highest BCUT2D eigenvalue weighted by Gasteiger charge is 2.46. The van der Waals surface area contributed by atoms with Crippen LogP contribution in [0.25, 0.3) is 0 Å². The summed E-state index contributed by atoms with van der Waals surface area (Å²) in [7, 11) is -10.4. The fraction of sp³-hybridized carbons (Fsp3) is 0.455. The molecule has 0 heterocycles. The van der Waals surface area contributed by atoms with E-state index in [2.05, 4.69) is 20.6 Å². The molecule has 125 heavy (non-hydrogen) atoms. The van der Waals surface area contributed by atoms with E-state index in [4.69, 9.17) is 61.6 Å². The number of ether oxygens (including phenoxy) is 13. The lowest BCUT2D eigenvalue weighted by molar-refractivity contribution is -0.161. The number of nitrogens with zero attached hydrogens (tertiary/aromatic N) is 6. The summed E-state index contributed by atoms with van der Waals surface area (Å²) >= 11 is 0. The van der Waals surface area contributed by atoms with Crippen molar-refractivity contribution < 1.29 is 126 Å². The quantitative estimate of drug-likeness (QED) is 0.00895. The number of amidine groups is 2. The highest BCUT2D eigenvalue weighted by Crippen LogP contribution is 2.29. The Hall–Kier alpha value is -11.4. The molecule has 2 atom stereocenters. The van der Waals surface area contributed by atoms with Crippen LogP contribution < -0.4 is 20.1 Å². The molecule has 0 aliphatic carbocycles. The smallest absolute Gasteiger partial charge is 0.435 e. The minimum absolute atomic E-state index is 0.0257. The van der Waals surface area contributed by atoms with E-state index in [0.717, 1.165) is 13.8 Å². The van der Waals surface area contributed by atoms with E-state index in [0.29, 0.717) is 39.7 Å². The van der Waals surface area contributed by atoms with Crippen LogP contribution in [0.15, 0.2) is 168 Å². The summed E-state index contributed by atoms with van der Waals surface area (Å²) in [4.78, 5) is 141. The molecule has 6 aromatic rings. The van der Waals surface area contributed by atoms with Crippen LogP contribution in [0, 0.1) is 0 Å². The Labute approximate surface area is 730 Å². The molecule has 0 bridgehead atoms. The molecular formula is C88H114N8O27S2. The van der Waals surface area contributed by atoms with Gasteiger partial charge in [-0.15, -0.1) is 0 Å². The maximum atomic E-state index is 15.2. The Morgan fingerprint density at radius 1 is 0.360 bits per heavy atom. The lowest BCUT2D eigenvalue weighted by Crippen LogP contribution is -2.55. The minimum atomic E-state index is -5.18. The number of hydrogen-bond donors (Lipinski definition) is 2. The second kappa shape index (κ2) is 48.7. The van der Waals surface area contributed by atoms with Crippen LogP contribution in [0.3, 0.4) is 0 Å². The number of carbonyl (C=O) groups is 10. The summed E-state index contributed by atoms with van der Waals surface area (Å²) in [6.07, 6.45) is -5.59. The van der Waals surface area contributed by atoms with Crippen LogP contribution in [-0.2, 0) is 118 Å². The minimum Gasteiger partial charge on any atom is -0.459 e. The van der Waals surface area contributed by atoms with Gasteiger partial charge in [-0.2, -0.15) is 44.0 Å². The number of rotatable bonds is 44. The van der Waals surface area contributed by atoms with Gasteiger partial charge in [0.25, 0.3) is 0 Å². The van der Waals surface area contributed by atoms with Gasteiger partial charge in [0, 0.05) is 37.3 Å². The van der Waals surface area contributed by atoms with E-state index < -0.39 is 154 Å². The fourth-order valence-electron chi connectivity index (χ4n) is 11.0. The van der Waals surface area contributed by atoms with Crippen LogP contribution in [0.4, 0.5) is 30.6 Å². The molecule has 0 fully saturated rings. The molecule has 0 saturated carbocycles. The predicted octanol–water partition coefficient (Wildman–Crippen LogP) is 13.2. The number of ketones is 2. The van der Waals surface area contributed by atoms with Crippen molar-refractivity contribution in [1.82, 2.24) is 17.2 Å². The zero-order valence-corrected chi connectivity index (χ0v) is 75.0. The van der Waals surface area contributed by atoms with E-state index >= 15 is 16.8 Å². The third-order valence-electron chi connectivity index (χ3n) is 16.5. The Kier molecular flexibility index (Phi) is 39.9. The largest absolute Gasteiger partial charge is 0.459 e. The van der Waals surface area contributed by atoms with Crippen LogP contribution >= 0.6 is 0 Å². The average molecular weight is 1780 g/mol. The van der Waals surface area contributed by atoms with Gasteiger partial charge < -0.3 is 72.2 Å². The summed E-state index contributed by atoms with van der Waals surface area (Å²) < 4.78 is 136. The Morgan fingerprint density at radius 3 is 0.928 bits per heavy atom. The molecule has 0 aliphatic rings. The number of hydrogen-bond acceptors (Lipinski definition) is 27. The van der Waals surface area contributed by atoms with Crippen LogP contribution in [0.2, 0.25) is 0 Å². The maximum Gasteiger partial charge on any atom is 0.435 e. The summed E-state index contributed by atoms with van der Waals surface area (Å²) in [6, 6.07) is 36.6. The number of carbonyl (C=O) groups excluding carboxylic acids is 10. The number of amides is 4. The van der Waals surface area contributed by atoms with Gasteiger partial charge in [0.15, 0.2) is 0 Å². The maximum absolute atomic E-state index is 15.2. The van der Waals surface area contributed by atoms with Gasteiger partial charge in [-0.25, -0.2) is 28.8 Å². The van der Waals surface area contributed by atoms with Crippen molar-refractivity contribution in [2.45, 2.75) is 184 Å². The van der Waals surface area contributed by atoms with E-state index in [-0.39, 0.29) is 125 Å². The first-order valence-corrected chi connectivity index (χ1v) is 42.8. The van der Waals surface area contributed by atoms with Crippen molar-refractivity contribution in [3.05, 3.63) is 191 Å². The molecule has 0 radical (unpaired) electrons. The first-order valence-electron chi connectivity index (χ1n) is 40.0. The standard InChI is InChI=1S/C88H114N8O27S2/c1-61(97)55-75(79(101)120-85(5,6)7)93(124(107,108)95(83(105)116-59-67-23-19-17-20-24-67)57-65-27-39-73(40-28-65)118-77(99)69-31-35-71(36-32-69)89-63(3)91-81(103)122-87(11,12)13)43-45-111-47-49-113-51-53-115-54-52-114-50-48-112-46-44-94(76(56-62(2)98)80(102)121-86(8,9)10)125(109,110)96(84(106)117-60-68-25-21-18-22-26-68)58-66-29-41-74(42-30-66)119-78(100)70-33-37-72(38-34-70)90-64(4)92-82(104)123-88(14,15)16/h17-42,75-76H,43-60H2,1-16H3,(H,89,91,103)(H,90,92,104)/t75-,76-/m0/s1. The molecule has 0 aliphatic heterocycles. The molecule has 0 unspecified atom stereocenters. The van der Waals surface area contributed by atoms with Gasteiger partial charge in [-0.3, -0.25) is 19.2 Å². The molecular weight excluding hydrogens is 1670 g/mol. The lowest BCUT2D eigenvalue weighted by atomic mass is 10.1. The Bertz CT molecular complexity index is 4550. The fourth-order valence-corrected chi connectivity index (χ4v) is 14.2.